The van der Waals surface area contributed by atoms with Gasteiger partial charge in [-0.2, -0.15) is 4.31 Å². The molecule has 1 aromatic rings. The zero-order chi connectivity index (χ0) is 23.9. The Morgan fingerprint density at radius 1 is 0.839 bits per heavy atom. The van der Waals surface area contributed by atoms with Crippen molar-refractivity contribution < 1.29 is 18.0 Å². The van der Waals surface area contributed by atoms with Gasteiger partial charge in [-0.25, -0.2) is 8.42 Å². The van der Waals surface area contributed by atoms with Gasteiger partial charge in [0.15, 0.2) is 0 Å². The first kappa shape index (κ1) is 25.3. The first-order valence-electron chi connectivity index (χ1n) is 10.8. The summed E-state index contributed by atoms with van der Waals surface area (Å²) in [6.45, 7) is 17.8. The normalized spacial score (nSPS) is 16.9. The van der Waals surface area contributed by atoms with Crippen molar-refractivity contribution in [1.82, 2.24) is 14.5 Å². The second kappa shape index (κ2) is 8.90. The number of amides is 2. The van der Waals surface area contributed by atoms with Crippen LogP contribution in [-0.4, -0.2) is 61.7 Å². The number of piperazine rings is 1. The minimum atomic E-state index is -3.67. The van der Waals surface area contributed by atoms with Crippen molar-refractivity contribution in [3.8, 4) is 0 Å². The lowest BCUT2D eigenvalue weighted by molar-refractivity contribution is -0.139. The van der Waals surface area contributed by atoms with Crippen LogP contribution in [0.2, 0.25) is 0 Å². The molecule has 2 rings (SSSR count). The Bertz CT molecular complexity index is 956. The van der Waals surface area contributed by atoms with E-state index in [1.54, 1.807) is 32.6 Å². The summed E-state index contributed by atoms with van der Waals surface area (Å²) in [6, 6.07) is -0.651. The number of rotatable bonds is 4. The average molecular weight is 452 g/mol. The smallest absolute Gasteiger partial charge is 0.244 e. The lowest BCUT2D eigenvalue weighted by atomic mass is 9.95. The Morgan fingerprint density at radius 3 is 1.68 bits per heavy atom. The van der Waals surface area contributed by atoms with E-state index < -0.39 is 21.5 Å². The second-order valence-corrected chi connectivity index (χ2v) is 11.5. The molecular weight excluding hydrogens is 414 g/mol. The maximum atomic E-state index is 13.5. The number of nitrogens with one attached hydrogen (secondary N) is 1. The molecule has 0 unspecified atom stereocenters. The minimum absolute atomic E-state index is 0.189. The highest BCUT2D eigenvalue weighted by Crippen LogP contribution is 2.32. The van der Waals surface area contributed by atoms with E-state index in [1.807, 2.05) is 34.6 Å². The highest BCUT2D eigenvalue weighted by Gasteiger charge is 2.35. The minimum Gasteiger partial charge on any atom is -0.344 e. The molecule has 1 aliphatic heterocycles. The van der Waals surface area contributed by atoms with Gasteiger partial charge in [0.25, 0.3) is 0 Å². The molecule has 1 N–H and O–H groups in total. The fourth-order valence-electron chi connectivity index (χ4n) is 3.88. The van der Waals surface area contributed by atoms with Crippen molar-refractivity contribution in [2.45, 2.75) is 73.3 Å². The van der Waals surface area contributed by atoms with Gasteiger partial charge in [-0.05, 0) is 69.4 Å². The summed E-state index contributed by atoms with van der Waals surface area (Å²) in [6.07, 6.45) is 0. The average Bonchev–Trinajstić information content (AvgIpc) is 2.69. The predicted molar refractivity (Wildman–Crippen MR) is 123 cm³/mol. The Balaban J connectivity index is 2.16. The molecule has 1 aromatic carbocycles. The second-order valence-electron chi connectivity index (χ2n) is 9.63. The van der Waals surface area contributed by atoms with E-state index in [4.69, 9.17) is 0 Å². The van der Waals surface area contributed by atoms with Crippen LogP contribution in [0.25, 0.3) is 0 Å². The van der Waals surface area contributed by atoms with Crippen molar-refractivity contribution in [2.75, 3.05) is 26.2 Å². The topological polar surface area (TPSA) is 86.8 Å². The number of nitrogens with zero attached hydrogens (tertiary/aromatic N) is 2. The first-order valence-corrected chi connectivity index (χ1v) is 12.2. The molecule has 8 heteroatoms. The summed E-state index contributed by atoms with van der Waals surface area (Å²) in [5, 5.41) is 2.75. The molecule has 31 heavy (non-hydrogen) atoms. The number of carbonyl (C=O) groups excluding carboxylic acids is 2. The fraction of sp³-hybridized carbons (Fsp3) is 0.652. The molecule has 1 atom stereocenters. The van der Waals surface area contributed by atoms with Crippen LogP contribution in [-0.2, 0) is 19.6 Å². The summed E-state index contributed by atoms with van der Waals surface area (Å²) >= 11 is 0. The molecule has 0 aromatic heterocycles. The maximum absolute atomic E-state index is 13.5. The monoisotopic (exact) mass is 451 g/mol. The summed E-state index contributed by atoms with van der Waals surface area (Å²) in [5.41, 5.74) is 4.12. The van der Waals surface area contributed by atoms with Gasteiger partial charge in [-0.15, -0.1) is 0 Å². The van der Waals surface area contributed by atoms with Gasteiger partial charge in [-0.1, -0.05) is 20.8 Å². The molecular formula is C23H37N3O4S. The summed E-state index contributed by atoms with van der Waals surface area (Å²) in [5.74, 6) is -0.380. The lowest BCUT2D eigenvalue weighted by Crippen LogP contribution is -2.56. The molecule has 0 saturated carbocycles. The van der Waals surface area contributed by atoms with Gasteiger partial charge in [0.05, 0.1) is 4.90 Å². The molecule has 0 aliphatic carbocycles. The third kappa shape index (κ3) is 4.95. The Labute approximate surface area is 187 Å². The summed E-state index contributed by atoms with van der Waals surface area (Å²) in [4.78, 5) is 27.0. The predicted octanol–water partition coefficient (Wildman–Crippen LogP) is 2.61. The molecule has 0 bridgehead atoms. The van der Waals surface area contributed by atoms with Crippen molar-refractivity contribution in [3.05, 3.63) is 27.8 Å². The molecule has 1 heterocycles. The van der Waals surface area contributed by atoms with Crippen molar-refractivity contribution in [3.63, 3.8) is 0 Å². The third-order valence-electron chi connectivity index (χ3n) is 6.48. The largest absolute Gasteiger partial charge is 0.344 e. The summed E-state index contributed by atoms with van der Waals surface area (Å²) < 4.78 is 28.4. The van der Waals surface area contributed by atoms with E-state index in [-0.39, 0.29) is 24.9 Å². The Hall–Kier alpha value is -1.93. The molecule has 174 valence electrons. The van der Waals surface area contributed by atoms with Gasteiger partial charge < -0.3 is 10.2 Å². The SMILES string of the molecule is Cc1c(C)c(C)c(S(=O)(=O)N2CCN(C(=O)[C@H](C)NC(=O)C(C)(C)C)CC2)c(C)c1C. The van der Waals surface area contributed by atoms with Crippen LogP contribution in [0.5, 0.6) is 0 Å². The number of carbonyl (C=O) groups is 2. The van der Waals surface area contributed by atoms with E-state index in [0.717, 1.165) is 27.8 Å². The van der Waals surface area contributed by atoms with Gasteiger partial charge >= 0.3 is 0 Å². The number of benzene rings is 1. The fourth-order valence-corrected chi connectivity index (χ4v) is 5.86. The van der Waals surface area contributed by atoms with Gasteiger partial charge in [-0.3, -0.25) is 9.59 Å². The zero-order valence-electron chi connectivity index (χ0n) is 20.3. The molecule has 1 fully saturated rings. The Morgan fingerprint density at radius 2 is 1.26 bits per heavy atom. The lowest BCUT2D eigenvalue weighted by Gasteiger charge is -2.36. The molecule has 2 amide bonds. The van der Waals surface area contributed by atoms with Crippen molar-refractivity contribution >= 4 is 21.8 Å². The van der Waals surface area contributed by atoms with Crippen LogP contribution < -0.4 is 5.32 Å². The number of hydrogen-bond donors (Lipinski definition) is 1. The molecule has 1 saturated heterocycles. The van der Waals surface area contributed by atoms with Crippen LogP contribution in [0.1, 0.15) is 55.5 Å². The van der Waals surface area contributed by atoms with Crippen LogP contribution >= 0.6 is 0 Å². The standard InChI is InChI=1S/C23H37N3O4S/c1-14-15(2)17(4)20(18(5)16(14)3)31(29,30)26-12-10-25(11-13-26)21(27)19(6)24-22(28)23(7,8)9/h19H,10-13H2,1-9H3,(H,24,28)/t19-/m0/s1. The zero-order valence-corrected chi connectivity index (χ0v) is 21.2. The van der Waals surface area contributed by atoms with Crippen LogP contribution in [0.4, 0.5) is 0 Å². The molecule has 0 radical (unpaired) electrons. The van der Waals surface area contributed by atoms with Gasteiger partial charge in [0, 0.05) is 31.6 Å². The van der Waals surface area contributed by atoms with Crippen molar-refractivity contribution in [2.24, 2.45) is 5.41 Å². The number of sulfonamides is 1. The van der Waals surface area contributed by atoms with E-state index >= 15 is 0 Å². The van der Waals surface area contributed by atoms with E-state index in [1.165, 1.54) is 4.31 Å². The first-order chi connectivity index (χ1) is 14.1. The molecule has 1 aliphatic rings. The van der Waals surface area contributed by atoms with Crippen molar-refractivity contribution in [1.29, 1.82) is 0 Å². The highest BCUT2D eigenvalue weighted by atomic mass is 32.2. The van der Waals surface area contributed by atoms with Crippen LogP contribution in [0, 0.1) is 40.0 Å². The third-order valence-corrected chi connectivity index (χ3v) is 8.65. The molecule has 0 spiro atoms. The van der Waals surface area contributed by atoms with Gasteiger partial charge in [0.1, 0.15) is 6.04 Å². The maximum Gasteiger partial charge on any atom is 0.244 e. The summed E-state index contributed by atoms with van der Waals surface area (Å²) in [7, 11) is -3.67. The quantitative estimate of drug-likeness (QED) is 0.762. The van der Waals surface area contributed by atoms with Crippen LogP contribution in [0.15, 0.2) is 4.90 Å². The van der Waals surface area contributed by atoms with E-state index in [2.05, 4.69) is 5.32 Å². The number of hydrogen-bond acceptors (Lipinski definition) is 4. The van der Waals surface area contributed by atoms with Crippen LogP contribution in [0.3, 0.4) is 0 Å². The highest BCUT2D eigenvalue weighted by molar-refractivity contribution is 7.89. The van der Waals surface area contributed by atoms with E-state index in [9.17, 15) is 18.0 Å². The molecule has 7 nitrogen and oxygen atoms in total. The Kier molecular flexibility index (Phi) is 7.27. The van der Waals surface area contributed by atoms with E-state index in [0.29, 0.717) is 18.0 Å². The van der Waals surface area contributed by atoms with Gasteiger partial charge in [0.2, 0.25) is 21.8 Å².